The van der Waals surface area contributed by atoms with Crippen molar-refractivity contribution in [1.82, 2.24) is 10.2 Å². The number of hydrogen-bond acceptors (Lipinski definition) is 3. The zero-order valence-corrected chi connectivity index (χ0v) is 10.7. The van der Waals surface area contributed by atoms with E-state index in [1.807, 2.05) is 11.8 Å². The molecule has 0 radical (unpaired) electrons. The van der Waals surface area contributed by atoms with Gasteiger partial charge in [0.2, 0.25) is 5.91 Å². The number of carbonyl (C=O) groups excluding carboxylic acids is 1. The van der Waals surface area contributed by atoms with Crippen molar-refractivity contribution in [2.75, 3.05) is 31.1 Å². The standard InChI is InChI=1S/C12H22N2OS/c15-12(9-11-10-16-8-5-13-11)14-6-3-1-2-4-7-14/h11,13H,1-10H2. The average Bonchev–Trinajstić information content (AvgIpc) is 2.59. The Morgan fingerprint density at radius 3 is 2.62 bits per heavy atom. The van der Waals surface area contributed by atoms with Crippen molar-refractivity contribution in [3.05, 3.63) is 0 Å². The molecule has 2 rings (SSSR count). The van der Waals surface area contributed by atoms with E-state index < -0.39 is 0 Å². The molecule has 0 aromatic carbocycles. The minimum atomic E-state index is 0.363. The molecule has 2 aliphatic rings. The van der Waals surface area contributed by atoms with Crippen LogP contribution in [0, 0.1) is 0 Å². The van der Waals surface area contributed by atoms with Crippen molar-refractivity contribution in [2.45, 2.75) is 38.1 Å². The van der Waals surface area contributed by atoms with Crippen LogP contribution in [-0.4, -0.2) is 48.0 Å². The van der Waals surface area contributed by atoms with E-state index in [-0.39, 0.29) is 0 Å². The zero-order chi connectivity index (χ0) is 11.2. The van der Waals surface area contributed by atoms with Gasteiger partial charge in [0.25, 0.3) is 0 Å². The second-order valence-electron chi connectivity index (χ2n) is 4.73. The summed E-state index contributed by atoms with van der Waals surface area (Å²) in [5.41, 5.74) is 0. The molecule has 1 N–H and O–H groups in total. The average molecular weight is 242 g/mol. The Hall–Kier alpha value is -0.220. The van der Waals surface area contributed by atoms with Crippen LogP contribution in [0.3, 0.4) is 0 Å². The topological polar surface area (TPSA) is 32.3 Å². The molecule has 16 heavy (non-hydrogen) atoms. The summed E-state index contributed by atoms with van der Waals surface area (Å²) in [7, 11) is 0. The van der Waals surface area contributed by atoms with Gasteiger partial charge in [-0.3, -0.25) is 4.79 Å². The van der Waals surface area contributed by atoms with Crippen molar-refractivity contribution in [3.63, 3.8) is 0 Å². The molecular formula is C12H22N2OS. The summed E-state index contributed by atoms with van der Waals surface area (Å²) in [5.74, 6) is 2.65. The fourth-order valence-electron chi connectivity index (χ4n) is 2.41. The van der Waals surface area contributed by atoms with Crippen molar-refractivity contribution in [3.8, 4) is 0 Å². The second kappa shape index (κ2) is 6.50. The maximum atomic E-state index is 12.1. The first kappa shape index (κ1) is 12.2. The van der Waals surface area contributed by atoms with Gasteiger partial charge in [-0.05, 0) is 12.8 Å². The highest BCUT2D eigenvalue weighted by Gasteiger charge is 2.21. The number of likely N-dealkylation sites (tertiary alicyclic amines) is 1. The molecule has 1 amide bonds. The van der Waals surface area contributed by atoms with Crippen LogP contribution in [0.15, 0.2) is 0 Å². The predicted octanol–water partition coefficient (Wildman–Crippen LogP) is 1.48. The van der Waals surface area contributed by atoms with Crippen LogP contribution >= 0.6 is 11.8 Å². The Bertz CT molecular complexity index is 221. The van der Waals surface area contributed by atoms with Gasteiger partial charge in [-0.1, -0.05) is 12.8 Å². The van der Waals surface area contributed by atoms with E-state index in [9.17, 15) is 4.79 Å². The number of nitrogens with zero attached hydrogens (tertiary/aromatic N) is 1. The molecule has 2 saturated heterocycles. The lowest BCUT2D eigenvalue weighted by Crippen LogP contribution is -2.42. The number of thioether (sulfide) groups is 1. The van der Waals surface area contributed by atoms with Gasteiger partial charge in [0, 0.05) is 43.6 Å². The number of carbonyl (C=O) groups is 1. The van der Waals surface area contributed by atoms with E-state index in [0.717, 1.165) is 25.4 Å². The van der Waals surface area contributed by atoms with Crippen LogP contribution in [0.2, 0.25) is 0 Å². The zero-order valence-electron chi connectivity index (χ0n) is 9.91. The third-order valence-electron chi connectivity index (χ3n) is 3.38. The van der Waals surface area contributed by atoms with Crippen molar-refractivity contribution >= 4 is 17.7 Å². The Labute approximate surface area is 102 Å². The summed E-state index contributed by atoms with van der Waals surface area (Å²) in [4.78, 5) is 14.2. The molecule has 0 bridgehead atoms. The second-order valence-corrected chi connectivity index (χ2v) is 5.87. The Morgan fingerprint density at radius 1 is 1.25 bits per heavy atom. The van der Waals surface area contributed by atoms with Gasteiger partial charge >= 0.3 is 0 Å². The minimum absolute atomic E-state index is 0.363. The third kappa shape index (κ3) is 3.67. The largest absolute Gasteiger partial charge is 0.343 e. The van der Waals surface area contributed by atoms with E-state index in [0.29, 0.717) is 18.4 Å². The lowest BCUT2D eigenvalue weighted by atomic mass is 10.2. The number of rotatable bonds is 2. The maximum Gasteiger partial charge on any atom is 0.224 e. The first-order valence-electron chi connectivity index (χ1n) is 6.45. The molecule has 0 saturated carbocycles. The van der Waals surface area contributed by atoms with Crippen LogP contribution in [0.4, 0.5) is 0 Å². The number of nitrogens with one attached hydrogen (secondary N) is 1. The van der Waals surface area contributed by atoms with E-state index in [4.69, 9.17) is 0 Å². The van der Waals surface area contributed by atoms with Gasteiger partial charge in [-0.25, -0.2) is 0 Å². The normalized spacial score (nSPS) is 27.5. The molecule has 1 unspecified atom stereocenters. The molecule has 0 aliphatic carbocycles. The Kier molecular flexibility index (Phi) is 4.97. The summed E-state index contributed by atoms with van der Waals surface area (Å²) < 4.78 is 0. The first-order chi connectivity index (χ1) is 7.86. The fourth-order valence-corrected chi connectivity index (χ4v) is 3.36. The Morgan fingerprint density at radius 2 is 2.00 bits per heavy atom. The SMILES string of the molecule is O=C(CC1CSCCN1)N1CCCCCC1. The lowest BCUT2D eigenvalue weighted by Gasteiger charge is -2.26. The third-order valence-corrected chi connectivity index (χ3v) is 4.51. The quantitative estimate of drug-likeness (QED) is 0.796. The monoisotopic (exact) mass is 242 g/mol. The van der Waals surface area contributed by atoms with E-state index in [1.54, 1.807) is 0 Å². The highest BCUT2D eigenvalue weighted by atomic mass is 32.2. The maximum absolute atomic E-state index is 12.1. The van der Waals surface area contributed by atoms with Crippen LogP contribution < -0.4 is 5.32 Å². The van der Waals surface area contributed by atoms with Gasteiger partial charge in [-0.2, -0.15) is 11.8 Å². The fraction of sp³-hybridized carbons (Fsp3) is 0.917. The van der Waals surface area contributed by atoms with Crippen LogP contribution in [0.25, 0.3) is 0 Å². The molecule has 2 fully saturated rings. The van der Waals surface area contributed by atoms with E-state index >= 15 is 0 Å². The highest BCUT2D eigenvalue weighted by molar-refractivity contribution is 7.99. The predicted molar refractivity (Wildman–Crippen MR) is 68.8 cm³/mol. The van der Waals surface area contributed by atoms with Crippen molar-refractivity contribution < 1.29 is 4.79 Å². The molecule has 0 aromatic heterocycles. The molecule has 2 aliphatic heterocycles. The molecular weight excluding hydrogens is 220 g/mol. The summed E-state index contributed by atoms with van der Waals surface area (Å²) in [5, 5.41) is 3.44. The molecule has 2 heterocycles. The molecule has 0 spiro atoms. The first-order valence-corrected chi connectivity index (χ1v) is 7.60. The summed E-state index contributed by atoms with van der Waals surface area (Å²) in [6.45, 7) is 3.03. The molecule has 1 atom stereocenters. The summed E-state index contributed by atoms with van der Waals surface area (Å²) >= 11 is 1.96. The van der Waals surface area contributed by atoms with Crippen LogP contribution in [0.5, 0.6) is 0 Å². The van der Waals surface area contributed by atoms with Gasteiger partial charge in [0.05, 0.1) is 0 Å². The van der Waals surface area contributed by atoms with Crippen molar-refractivity contribution in [1.29, 1.82) is 0 Å². The van der Waals surface area contributed by atoms with Gasteiger partial charge in [0.1, 0.15) is 0 Å². The summed E-state index contributed by atoms with van der Waals surface area (Å²) in [6, 6.07) is 0.412. The Balaban J connectivity index is 1.76. The number of hydrogen-bond donors (Lipinski definition) is 1. The van der Waals surface area contributed by atoms with E-state index in [2.05, 4.69) is 10.2 Å². The molecule has 3 nitrogen and oxygen atoms in total. The summed E-state index contributed by atoms with van der Waals surface area (Å²) in [6.07, 6.45) is 5.67. The van der Waals surface area contributed by atoms with Crippen LogP contribution in [-0.2, 0) is 4.79 Å². The minimum Gasteiger partial charge on any atom is -0.343 e. The lowest BCUT2D eigenvalue weighted by molar-refractivity contribution is -0.131. The smallest absolute Gasteiger partial charge is 0.224 e. The van der Waals surface area contributed by atoms with Gasteiger partial charge < -0.3 is 10.2 Å². The highest BCUT2D eigenvalue weighted by Crippen LogP contribution is 2.14. The molecule has 0 aromatic rings. The van der Waals surface area contributed by atoms with Crippen molar-refractivity contribution in [2.24, 2.45) is 0 Å². The molecule has 92 valence electrons. The molecule has 4 heteroatoms. The van der Waals surface area contributed by atoms with E-state index in [1.165, 1.54) is 31.4 Å². The number of amides is 1. The van der Waals surface area contributed by atoms with Gasteiger partial charge in [0.15, 0.2) is 0 Å². The van der Waals surface area contributed by atoms with Crippen LogP contribution in [0.1, 0.15) is 32.1 Å². The van der Waals surface area contributed by atoms with Gasteiger partial charge in [-0.15, -0.1) is 0 Å².